The van der Waals surface area contributed by atoms with E-state index in [-0.39, 0.29) is 0 Å². The van der Waals surface area contributed by atoms with Crippen LogP contribution in [0.1, 0.15) is 30.9 Å². The Labute approximate surface area is 181 Å². The number of aromatic nitrogens is 2. The first-order chi connectivity index (χ1) is 15.2. The fourth-order valence-corrected chi connectivity index (χ4v) is 4.12. The van der Waals surface area contributed by atoms with Crippen molar-refractivity contribution in [3.63, 3.8) is 0 Å². The van der Waals surface area contributed by atoms with Crippen molar-refractivity contribution in [1.82, 2.24) is 14.9 Å². The molecule has 31 heavy (non-hydrogen) atoms. The van der Waals surface area contributed by atoms with Crippen molar-refractivity contribution in [1.29, 1.82) is 5.26 Å². The highest BCUT2D eigenvalue weighted by Gasteiger charge is 2.24. The van der Waals surface area contributed by atoms with Crippen LogP contribution in [-0.2, 0) is 4.79 Å². The zero-order valence-corrected chi connectivity index (χ0v) is 17.8. The molecule has 0 saturated carbocycles. The maximum absolute atomic E-state index is 12.2. The van der Waals surface area contributed by atoms with Gasteiger partial charge in [-0.1, -0.05) is 0 Å². The highest BCUT2D eigenvalue weighted by atomic mass is 16.5. The number of hydrogen-bond donors (Lipinski definition) is 2. The van der Waals surface area contributed by atoms with Crippen molar-refractivity contribution in [2.24, 2.45) is 0 Å². The van der Waals surface area contributed by atoms with E-state index in [1.54, 1.807) is 21.7 Å². The minimum Gasteiger partial charge on any atom is -0.494 e. The lowest BCUT2D eigenvalue weighted by molar-refractivity contribution is -0.106. The molecule has 2 aromatic heterocycles. The zero-order chi connectivity index (χ0) is 21.8. The number of nitriles is 1. The molecule has 1 unspecified atom stereocenters. The van der Waals surface area contributed by atoms with E-state index in [9.17, 15) is 10.1 Å². The van der Waals surface area contributed by atoms with Crippen LogP contribution in [0.15, 0.2) is 36.5 Å². The Balaban J connectivity index is 1.80. The molecule has 1 aromatic carbocycles. The van der Waals surface area contributed by atoms with Crippen LogP contribution in [0.5, 0.6) is 5.75 Å². The van der Waals surface area contributed by atoms with Gasteiger partial charge in [0.25, 0.3) is 0 Å². The smallest absolute Gasteiger partial charge is 0.219 e. The molecule has 1 amide bonds. The molecule has 2 N–H and O–H groups in total. The summed E-state index contributed by atoms with van der Waals surface area (Å²) >= 11 is 0. The summed E-state index contributed by atoms with van der Waals surface area (Å²) in [6.07, 6.45) is 4.67. The molecule has 8 heteroatoms. The van der Waals surface area contributed by atoms with Crippen LogP contribution in [0.25, 0.3) is 5.52 Å². The Morgan fingerprint density at radius 1 is 1.39 bits per heavy atom. The van der Waals surface area contributed by atoms with Gasteiger partial charge in [0.05, 0.1) is 29.7 Å². The van der Waals surface area contributed by atoms with Gasteiger partial charge in [-0.25, -0.2) is 4.52 Å². The largest absolute Gasteiger partial charge is 0.494 e. The minimum atomic E-state index is 0.365. The molecule has 1 fully saturated rings. The van der Waals surface area contributed by atoms with Crippen LogP contribution in [0.4, 0.5) is 17.2 Å². The van der Waals surface area contributed by atoms with Crippen LogP contribution in [0.2, 0.25) is 0 Å². The van der Waals surface area contributed by atoms with E-state index >= 15 is 0 Å². The summed E-state index contributed by atoms with van der Waals surface area (Å²) in [5.74, 6) is 1.34. The molecular formula is C23H26N6O2. The number of nitrogens with one attached hydrogen (secondary N) is 2. The second kappa shape index (κ2) is 9.06. The summed E-state index contributed by atoms with van der Waals surface area (Å²) in [5.41, 5.74) is 3.38. The highest BCUT2D eigenvalue weighted by molar-refractivity contribution is 5.91. The summed E-state index contributed by atoms with van der Waals surface area (Å²) in [7, 11) is 0. The first-order valence-electron chi connectivity index (χ1n) is 10.5. The van der Waals surface area contributed by atoms with Gasteiger partial charge in [-0.05, 0) is 63.6 Å². The maximum atomic E-state index is 12.2. The van der Waals surface area contributed by atoms with Crippen molar-refractivity contribution >= 4 is 29.1 Å². The van der Waals surface area contributed by atoms with Crippen molar-refractivity contribution in [2.45, 2.75) is 32.7 Å². The van der Waals surface area contributed by atoms with Crippen molar-refractivity contribution < 1.29 is 9.53 Å². The molecule has 0 bridgehead atoms. The van der Waals surface area contributed by atoms with Gasteiger partial charge in [-0.3, -0.25) is 9.69 Å². The van der Waals surface area contributed by atoms with E-state index < -0.39 is 0 Å². The lowest BCUT2D eigenvalue weighted by Gasteiger charge is -2.24. The van der Waals surface area contributed by atoms with Gasteiger partial charge in [0.2, 0.25) is 6.41 Å². The van der Waals surface area contributed by atoms with Crippen LogP contribution >= 0.6 is 0 Å². The monoisotopic (exact) mass is 418 g/mol. The van der Waals surface area contributed by atoms with Gasteiger partial charge in [-0.15, -0.1) is 0 Å². The Kier molecular flexibility index (Phi) is 6.05. The standard InChI is InChI=1S/C23H26N6O2/c1-3-31-19-8-6-18(7-9-19)28(15-30)23-16(2)22(26-14-17-5-4-11-25-17)20(13-24)21-10-12-27-29(21)23/h6-10,12,15,17,25-26H,3-5,11,14H2,1-2H3. The van der Waals surface area contributed by atoms with Gasteiger partial charge in [0.15, 0.2) is 0 Å². The molecule has 160 valence electrons. The molecular weight excluding hydrogens is 392 g/mol. The Bertz CT molecular complexity index is 1110. The lowest BCUT2D eigenvalue weighted by Crippen LogP contribution is -2.30. The fraction of sp³-hybridized carbons (Fsp3) is 0.348. The number of fused-ring (bicyclic) bond motifs is 1. The third-order valence-corrected chi connectivity index (χ3v) is 5.62. The lowest BCUT2D eigenvalue weighted by atomic mass is 10.1. The summed E-state index contributed by atoms with van der Waals surface area (Å²) < 4.78 is 7.17. The number of nitrogens with zero attached hydrogens (tertiary/aromatic N) is 4. The van der Waals surface area contributed by atoms with Crippen LogP contribution < -0.4 is 20.3 Å². The van der Waals surface area contributed by atoms with E-state index in [1.165, 1.54) is 0 Å². The SMILES string of the molecule is CCOc1ccc(N(C=O)c2c(C)c(NCC3CCCN3)c(C#N)c3ccnn23)cc1. The maximum Gasteiger partial charge on any atom is 0.219 e. The van der Waals surface area contributed by atoms with E-state index in [0.717, 1.165) is 42.8 Å². The third-order valence-electron chi connectivity index (χ3n) is 5.62. The molecule has 0 aliphatic carbocycles. The molecule has 3 heterocycles. The fourth-order valence-electron chi connectivity index (χ4n) is 4.12. The summed E-state index contributed by atoms with van der Waals surface area (Å²) in [5, 5.41) is 21.2. The third kappa shape index (κ3) is 3.92. The number of pyridine rings is 1. The Morgan fingerprint density at radius 3 is 2.84 bits per heavy atom. The molecule has 8 nitrogen and oxygen atoms in total. The number of rotatable bonds is 8. The van der Waals surface area contributed by atoms with E-state index in [4.69, 9.17) is 4.74 Å². The quantitative estimate of drug-likeness (QED) is 0.545. The molecule has 4 rings (SSSR count). The minimum absolute atomic E-state index is 0.365. The Hall–Kier alpha value is -3.57. The highest BCUT2D eigenvalue weighted by Crippen LogP contribution is 2.36. The number of ether oxygens (including phenoxy) is 1. The first-order valence-corrected chi connectivity index (χ1v) is 10.5. The zero-order valence-electron chi connectivity index (χ0n) is 17.8. The second-order valence-corrected chi connectivity index (χ2v) is 7.52. The van der Waals surface area contributed by atoms with Crippen molar-refractivity contribution in [3.8, 4) is 11.8 Å². The normalized spacial score (nSPS) is 15.6. The molecule has 1 aliphatic heterocycles. The predicted octanol–water partition coefficient (Wildman–Crippen LogP) is 3.37. The molecule has 1 atom stereocenters. The topological polar surface area (TPSA) is 94.7 Å². The number of hydrogen-bond acceptors (Lipinski definition) is 6. The average molecular weight is 419 g/mol. The summed E-state index contributed by atoms with van der Waals surface area (Å²) in [6, 6.07) is 11.8. The molecule has 1 saturated heterocycles. The van der Waals surface area contributed by atoms with Gasteiger partial charge in [0.1, 0.15) is 23.2 Å². The van der Waals surface area contributed by atoms with Gasteiger partial charge < -0.3 is 15.4 Å². The van der Waals surface area contributed by atoms with Crippen LogP contribution in [-0.4, -0.2) is 41.8 Å². The van der Waals surface area contributed by atoms with Crippen LogP contribution in [0.3, 0.4) is 0 Å². The van der Waals surface area contributed by atoms with E-state index in [0.29, 0.717) is 41.8 Å². The van der Waals surface area contributed by atoms with Crippen molar-refractivity contribution in [2.75, 3.05) is 29.9 Å². The number of anilines is 3. The number of amides is 1. The van der Waals surface area contributed by atoms with Gasteiger partial charge in [0, 0.05) is 18.2 Å². The molecule has 0 radical (unpaired) electrons. The number of carbonyl (C=O) groups excluding carboxylic acids is 1. The van der Waals surface area contributed by atoms with Gasteiger partial charge >= 0.3 is 0 Å². The predicted molar refractivity (Wildman–Crippen MR) is 120 cm³/mol. The van der Waals surface area contributed by atoms with Gasteiger partial charge in [-0.2, -0.15) is 10.4 Å². The van der Waals surface area contributed by atoms with E-state index in [2.05, 4.69) is 21.8 Å². The summed E-state index contributed by atoms with van der Waals surface area (Å²) in [4.78, 5) is 13.8. The number of carbonyl (C=O) groups is 1. The first kappa shape index (κ1) is 20.7. The van der Waals surface area contributed by atoms with E-state index in [1.807, 2.05) is 38.1 Å². The van der Waals surface area contributed by atoms with Crippen LogP contribution in [0, 0.1) is 18.3 Å². The molecule has 0 spiro atoms. The summed E-state index contributed by atoms with van der Waals surface area (Å²) in [6.45, 7) is 6.14. The molecule has 1 aliphatic rings. The van der Waals surface area contributed by atoms with Crippen molar-refractivity contribution in [3.05, 3.63) is 47.7 Å². The number of benzene rings is 1. The molecule has 3 aromatic rings. The Morgan fingerprint density at radius 2 is 2.19 bits per heavy atom. The average Bonchev–Trinajstić information content (AvgIpc) is 3.47. The second-order valence-electron chi connectivity index (χ2n) is 7.52.